The molecule has 0 aromatic heterocycles. The molecule has 37 heavy (non-hydrogen) atoms. The number of amides is 2. The number of para-hydroxylation sites is 1. The minimum absolute atomic E-state index is 0.0630. The average molecular weight is 532 g/mol. The van der Waals surface area contributed by atoms with Gasteiger partial charge in [-0.05, 0) is 67.6 Å². The van der Waals surface area contributed by atoms with E-state index in [9.17, 15) is 14.9 Å². The number of aliphatic imine (C=N–C) groups is 1. The van der Waals surface area contributed by atoms with E-state index in [4.69, 9.17) is 22.1 Å². The van der Waals surface area contributed by atoms with Crippen molar-refractivity contribution in [1.82, 2.24) is 0 Å². The highest BCUT2D eigenvalue weighted by molar-refractivity contribution is 8.16. The number of halogens is 1. The monoisotopic (exact) mass is 531 g/mol. The molecule has 0 fully saturated rings. The third kappa shape index (κ3) is 6.12. The number of benzene rings is 3. The molecule has 1 atom stereocenters. The summed E-state index contributed by atoms with van der Waals surface area (Å²) in [5, 5.41) is 14.8. The Kier molecular flexibility index (Phi) is 8.13. The van der Waals surface area contributed by atoms with Crippen LogP contribution in [0.15, 0.2) is 89.1 Å². The highest BCUT2D eigenvalue weighted by Crippen LogP contribution is 2.36. The van der Waals surface area contributed by atoms with Gasteiger partial charge in [0.25, 0.3) is 5.91 Å². The van der Waals surface area contributed by atoms with E-state index >= 15 is 0 Å². The number of rotatable bonds is 7. The van der Waals surface area contributed by atoms with Gasteiger partial charge < -0.3 is 21.1 Å². The summed E-state index contributed by atoms with van der Waals surface area (Å²) >= 11 is 7.01. The van der Waals surface area contributed by atoms with Gasteiger partial charge in [0, 0.05) is 16.4 Å². The van der Waals surface area contributed by atoms with Crippen molar-refractivity contribution in [2.75, 3.05) is 17.2 Å². The van der Waals surface area contributed by atoms with Gasteiger partial charge in [0.15, 0.2) is 0 Å². The molecule has 1 heterocycles. The van der Waals surface area contributed by atoms with E-state index in [-0.39, 0.29) is 11.3 Å². The van der Waals surface area contributed by atoms with Gasteiger partial charge in [0.1, 0.15) is 22.1 Å². The highest BCUT2D eigenvalue weighted by Gasteiger charge is 2.38. The van der Waals surface area contributed by atoms with Crippen molar-refractivity contribution in [2.45, 2.75) is 12.2 Å². The summed E-state index contributed by atoms with van der Waals surface area (Å²) in [7, 11) is 0. The van der Waals surface area contributed by atoms with Crippen LogP contribution in [0.25, 0.3) is 0 Å². The number of anilines is 2. The van der Waals surface area contributed by atoms with Crippen molar-refractivity contribution in [3.05, 3.63) is 94.7 Å². The van der Waals surface area contributed by atoms with Crippen molar-refractivity contribution in [3.63, 3.8) is 0 Å². The standard InChI is InChI=1S/C27H22ClN5O3S/c1-2-36-20-13-11-19(12-14-20)32-27-22(25(34)31-18-9-7-17(28)8-10-18)23(30)24(37-27)26(35)33-21-6-4-3-5-16(21)15-29/h3-14,24H,2,30H2,1H3,(H,31,34)(H,33,35)/t24-/m0/s1. The zero-order valence-electron chi connectivity index (χ0n) is 19.7. The molecule has 0 saturated heterocycles. The number of nitrogens with one attached hydrogen (secondary N) is 2. The predicted molar refractivity (Wildman–Crippen MR) is 147 cm³/mol. The summed E-state index contributed by atoms with van der Waals surface area (Å²) in [4.78, 5) is 31.1. The van der Waals surface area contributed by atoms with Gasteiger partial charge in [0.2, 0.25) is 5.91 Å². The van der Waals surface area contributed by atoms with Crippen molar-refractivity contribution >= 4 is 57.3 Å². The van der Waals surface area contributed by atoms with Gasteiger partial charge in [-0.15, -0.1) is 0 Å². The lowest BCUT2D eigenvalue weighted by Crippen LogP contribution is -2.29. The number of hydrogen-bond acceptors (Lipinski definition) is 7. The summed E-state index contributed by atoms with van der Waals surface area (Å²) in [5.41, 5.74) is 8.28. The summed E-state index contributed by atoms with van der Waals surface area (Å²) in [6, 6.07) is 22.3. The number of carbonyl (C=O) groups is 2. The largest absolute Gasteiger partial charge is 0.494 e. The molecule has 2 amide bonds. The predicted octanol–water partition coefficient (Wildman–Crippen LogP) is 5.25. The Bertz CT molecular complexity index is 1430. The number of nitrogens with two attached hydrogens (primary N) is 1. The lowest BCUT2D eigenvalue weighted by atomic mass is 10.1. The van der Waals surface area contributed by atoms with E-state index in [2.05, 4.69) is 15.6 Å². The van der Waals surface area contributed by atoms with E-state index < -0.39 is 17.1 Å². The highest BCUT2D eigenvalue weighted by atomic mass is 35.5. The van der Waals surface area contributed by atoms with Crippen LogP contribution in [0.2, 0.25) is 5.02 Å². The first kappa shape index (κ1) is 25.8. The summed E-state index contributed by atoms with van der Waals surface area (Å²) < 4.78 is 5.47. The first-order valence-electron chi connectivity index (χ1n) is 11.2. The SMILES string of the molecule is CCOc1ccc(N=C2S[C@H](C(=O)Nc3ccccc3C#N)C(N)=C2C(=O)Nc2ccc(Cl)cc2)cc1. The van der Waals surface area contributed by atoms with Crippen molar-refractivity contribution in [1.29, 1.82) is 5.26 Å². The summed E-state index contributed by atoms with van der Waals surface area (Å²) in [5.74, 6) is -0.293. The minimum Gasteiger partial charge on any atom is -0.494 e. The maximum Gasteiger partial charge on any atom is 0.260 e. The van der Waals surface area contributed by atoms with E-state index in [0.29, 0.717) is 45.0 Å². The third-order valence-corrected chi connectivity index (χ3v) is 6.74. The van der Waals surface area contributed by atoms with Gasteiger partial charge in [-0.1, -0.05) is 35.5 Å². The smallest absolute Gasteiger partial charge is 0.260 e. The molecule has 0 spiro atoms. The average Bonchev–Trinajstić information content (AvgIpc) is 3.22. The Morgan fingerprint density at radius 1 is 1.08 bits per heavy atom. The maximum absolute atomic E-state index is 13.3. The van der Waals surface area contributed by atoms with E-state index in [1.807, 2.05) is 13.0 Å². The minimum atomic E-state index is -0.931. The van der Waals surface area contributed by atoms with Crippen LogP contribution in [0.5, 0.6) is 5.75 Å². The van der Waals surface area contributed by atoms with E-state index in [1.54, 1.807) is 72.8 Å². The Morgan fingerprint density at radius 3 is 2.46 bits per heavy atom. The van der Waals surface area contributed by atoms with E-state index in [0.717, 1.165) is 11.8 Å². The van der Waals surface area contributed by atoms with Crippen LogP contribution in [-0.2, 0) is 9.59 Å². The summed E-state index contributed by atoms with van der Waals surface area (Å²) in [6.45, 7) is 2.42. The summed E-state index contributed by atoms with van der Waals surface area (Å²) in [6.07, 6.45) is 0. The van der Waals surface area contributed by atoms with Crippen LogP contribution in [0.1, 0.15) is 12.5 Å². The molecule has 0 aliphatic carbocycles. The second-order valence-corrected chi connectivity index (χ2v) is 9.31. The fourth-order valence-electron chi connectivity index (χ4n) is 3.51. The molecule has 0 bridgehead atoms. The molecule has 1 aliphatic rings. The van der Waals surface area contributed by atoms with Gasteiger partial charge in [-0.3, -0.25) is 9.59 Å². The maximum atomic E-state index is 13.3. The third-order valence-electron chi connectivity index (χ3n) is 5.27. The fraction of sp³-hybridized carbons (Fsp3) is 0.111. The molecular weight excluding hydrogens is 510 g/mol. The van der Waals surface area contributed by atoms with E-state index in [1.165, 1.54) is 0 Å². The van der Waals surface area contributed by atoms with Crippen LogP contribution in [0, 0.1) is 11.3 Å². The number of nitriles is 1. The molecule has 1 aliphatic heterocycles. The van der Waals surface area contributed by atoms with Crippen molar-refractivity contribution in [2.24, 2.45) is 10.7 Å². The molecule has 8 nitrogen and oxygen atoms in total. The molecule has 0 unspecified atom stereocenters. The van der Waals surface area contributed by atoms with Gasteiger partial charge in [-0.2, -0.15) is 5.26 Å². The lowest BCUT2D eigenvalue weighted by Gasteiger charge is -2.12. The second-order valence-electron chi connectivity index (χ2n) is 7.78. The molecule has 0 saturated carbocycles. The Morgan fingerprint density at radius 2 is 1.78 bits per heavy atom. The van der Waals surface area contributed by atoms with Crippen LogP contribution in [-0.4, -0.2) is 28.7 Å². The number of ether oxygens (including phenoxy) is 1. The van der Waals surface area contributed by atoms with Crippen molar-refractivity contribution < 1.29 is 14.3 Å². The van der Waals surface area contributed by atoms with Crippen LogP contribution in [0.3, 0.4) is 0 Å². The second kappa shape index (κ2) is 11.6. The van der Waals surface area contributed by atoms with Gasteiger partial charge >= 0.3 is 0 Å². The fourth-order valence-corrected chi connectivity index (χ4v) is 4.76. The first-order valence-corrected chi connectivity index (χ1v) is 12.5. The zero-order chi connectivity index (χ0) is 26.4. The zero-order valence-corrected chi connectivity index (χ0v) is 21.3. The normalized spacial score (nSPS) is 15.8. The van der Waals surface area contributed by atoms with Crippen LogP contribution >= 0.6 is 23.4 Å². The molecular formula is C27H22ClN5O3S. The lowest BCUT2D eigenvalue weighted by molar-refractivity contribution is -0.115. The molecule has 4 N–H and O–H groups in total. The van der Waals surface area contributed by atoms with Gasteiger partial charge in [-0.25, -0.2) is 4.99 Å². The Labute approximate surface area is 223 Å². The quantitative estimate of drug-likeness (QED) is 0.382. The number of thioether (sulfide) groups is 1. The topological polar surface area (TPSA) is 130 Å². The van der Waals surface area contributed by atoms with Crippen LogP contribution < -0.4 is 21.1 Å². The van der Waals surface area contributed by atoms with Gasteiger partial charge in [0.05, 0.1) is 29.1 Å². The Hall–Kier alpha value is -4.26. The van der Waals surface area contributed by atoms with Crippen LogP contribution in [0.4, 0.5) is 17.1 Å². The molecule has 3 aromatic carbocycles. The number of carbonyl (C=O) groups excluding carboxylic acids is 2. The molecule has 0 radical (unpaired) electrons. The molecule has 4 rings (SSSR count). The molecule has 3 aromatic rings. The number of nitrogens with zero attached hydrogens (tertiary/aromatic N) is 2. The number of hydrogen-bond donors (Lipinski definition) is 3. The first-order chi connectivity index (χ1) is 17.9. The molecule has 10 heteroatoms. The van der Waals surface area contributed by atoms with Crippen molar-refractivity contribution in [3.8, 4) is 11.8 Å². The Balaban J connectivity index is 1.66. The molecule has 186 valence electrons.